The number of furan rings is 1. The first kappa shape index (κ1) is 14.5. The summed E-state index contributed by atoms with van der Waals surface area (Å²) >= 11 is 3.37. The Hall–Kier alpha value is -0.870. The fourth-order valence-electron chi connectivity index (χ4n) is 2.34. The van der Waals surface area contributed by atoms with E-state index in [9.17, 15) is 4.39 Å². The number of fused-ring (bicyclic) bond motifs is 1. The first-order chi connectivity index (χ1) is 9.04. The van der Waals surface area contributed by atoms with Crippen LogP contribution in [0.5, 0.6) is 0 Å². The number of rotatable bonds is 5. The van der Waals surface area contributed by atoms with Gasteiger partial charge in [0.2, 0.25) is 0 Å². The second-order valence-corrected chi connectivity index (χ2v) is 5.89. The van der Waals surface area contributed by atoms with Crippen molar-refractivity contribution in [2.24, 2.45) is 0 Å². The zero-order valence-corrected chi connectivity index (χ0v) is 13.1. The van der Waals surface area contributed by atoms with Crippen LogP contribution >= 0.6 is 15.9 Å². The first-order valence-electron chi connectivity index (χ1n) is 6.65. The van der Waals surface area contributed by atoms with Crippen LogP contribution in [-0.4, -0.2) is 6.54 Å². The fraction of sp³-hybridized carbons (Fsp3) is 0.467. The van der Waals surface area contributed by atoms with Crippen LogP contribution in [-0.2, 0) is 6.54 Å². The van der Waals surface area contributed by atoms with E-state index >= 15 is 0 Å². The Balaban J connectivity index is 2.51. The molecule has 4 heteroatoms. The predicted octanol–water partition coefficient (Wildman–Crippen LogP) is 4.96. The summed E-state index contributed by atoms with van der Waals surface area (Å²) in [6, 6.07) is 3.00. The van der Waals surface area contributed by atoms with Gasteiger partial charge in [0.05, 0.1) is 11.0 Å². The molecule has 1 N–H and O–H groups in total. The largest absolute Gasteiger partial charge is 0.458 e. The maximum atomic E-state index is 13.6. The highest BCUT2D eigenvalue weighted by atomic mass is 79.9. The van der Waals surface area contributed by atoms with E-state index in [-0.39, 0.29) is 5.82 Å². The Morgan fingerprint density at radius 1 is 1.37 bits per heavy atom. The predicted molar refractivity (Wildman–Crippen MR) is 80.0 cm³/mol. The Labute approximate surface area is 121 Å². The molecule has 0 bridgehead atoms. The third-order valence-electron chi connectivity index (χ3n) is 3.11. The van der Waals surface area contributed by atoms with Crippen LogP contribution in [0.2, 0.25) is 0 Å². The smallest absolute Gasteiger partial charge is 0.149 e. The Kier molecular flexibility index (Phi) is 4.63. The molecule has 1 aromatic heterocycles. The summed E-state index contributed by atoms with van der Waals surface area (Å²) in [4.78, 5) is 0. The Morgan fingerprint density at radius 2 is 2.11 bits per heavy atom. The second kappa shape index (κ2) is 6.06. The van der Waals surface area contributed by atoms with Gasteiger partial charge in [-0.1, -0.05) is 20.8 Å². The summed E-state index contributed by atoms with van der Waals surface area (Å²) in [5.74, 6) is 0.966. The molecule has 2 nitrogen and oxygen atoms in total. The molecule has 0 unspecified atom stereocenters. The van der Waals surface area contributed by atoms with Crippen LogP contribution in [0.3, 0.4) is 0 Å². The summed E-state index contributed by atoms with van der Waals surface area (Å²) in [5.41, 5.74) is 1.83. The van der Waals surface area contributed by atoms with Crippen molar-refractivity contribution in [1.82, 2.24) is 5.32 Å². The number of benzene rings is 1. The van der Waals surface area contributed by atoms with Crippen molar-refractivity contribution < 1.29 is 8.81 Å². The third-order valence-corrected chi connectivity index (χ3v) is 3.70. The number of nitrogens with one attached hydrogen (secondary N) is 1. The van der Waals surface area contributed by atoms with Crippen LogP contribution in [0.4, 0.5) is 4.39 Å². The first-order valence-corrected chi connectivity index (χ1v) is 7.45. The molecule has 104 valence electrons. The minimum Gasteiger partial charge on any atom is -0.458 e. The maximum Gasteiger partial charge on any atom is 0.149 e. The minimum atomic E-state index is -0.241. The monoisotopic (exact) mass is 327 g/mol. The van der Waals surface area contributed by atoms with Crippen LogP contribution in [0.15, 0.2) is 21.0 Å². The maximum absolute atomic E-state index is 13.6. The van der Waals surface area contributed by atoms with Gasteiger partial charge in [-0.05, 0) is 46.9 Å². The van der Waals surface area contributed by atoms with E-state index in [1.165, 1.54) is 6.07 Å². The van der Waals surface area contributed by atoms with Crippen molar-refractivity contribution in [1.29, 1.82) is 0 Å². The minimum absolute atomic E-state index is 0.241. The molecule has 0 amide bonds. The van der Waals surface area contributed by atoms with Crippen LogP contribution in [0.25, 0.3) is 11.0 Å². The van der Waals surface area contributed by atoms with E-state index in [4.69, 9.17) is 4.42 Å². The molecule has 0 aliphatic rings. The lowest BCUT2D eigenvalue weighted by Crippen LogP contribution is -2.14. The van der Waals surface area contributed by atoms with Crippen molar-refractivity contribution in [3.05, 3.63) is 33.7 Å². The number of hydrogen-bond acceptors (Lipinski definition) is 2. The fourth-order valence-corrected chi connectivity index (χ4v) is 2.85. The van der Waals surface area contributed by atoms with Crippen molar-refractivity contribution in [2.75, 3.05) is 6.54 Å². The van der Waals surface area contributed by atoms with Gasteiger partial charge in [-0.15, -0.1) is 0 Å². The number of halogens is 2. The molecule has 0 atom stereocenters. The van der Waals surface area contributed by atoms with Gasteiger partial charge in [0, 0.05) is 10.9 Å². The summed E-state index contributed by atoms with van der Waals surface area (Å²) in [5, 5.41) is 4.21. The van der Waals surface area contributed by atoms with Gasteiger partial charge >= 0.3 is 0 Å². The SMILES string of the molecule is CCCNCc1oc2c(Br)cc(F)cc2c1C(C)C. The van der Waals surface area contributed by atoms with Crippen molar-refractivity contribution in [3.8, 4) is 0 Å². The van der Waals surface area contributed by atoms with E-state index in [0.29, 0.717) is 16.9 Å². The van der Waals surface area contributed by atoms with E-state index in [2.05, 4.69) is 42.0 Å². The van der Waals surface area contributed by atoms with Gasteiger partial charge in [-0.25, -0.2) is 4.39 Å². The average Bonchev–Trinajstić information content (AvgIpc) is 2.68. The van der Waals surface area contributed by atoms with E-state index in [1.807, 2.05) is 0 Å². The highest BCUT2D eigenvalue weighted by Gasteiger charge is 2.19. The molecule has 0 aliphatic carbocycles. The molecule has 1 aromatic carbocycles. The van der Waals surface area contributed by atoms with E-state index in [0.717, 1.165) is 35.3 Å². The third kappa shape index (κ3) is 3.00. The zero-order chi connectivity index (χ0) is 14.0. The van der Waals surface area contributed by atoms with E-state index in [1.54, 1.807) is 6.07 Å². The Bertz CT molecular complexity index is 577. The van der Waals surface area contributed by atoms with Crippen molar-refractivity contribution in [3.63, 3.8) is 0 Å². The average molecular weight is 328 g/mol. The quantitative estimate of drug-likeness (QED) is 0.785. The molecule has 1 heterocycles. The normalized spacial score (nSPS) is 11.7. The molecule has 0 saturated carbocycles. The van der Waals surface area contributed by atoms with Gasteiger partial charge < -0.3 is 9.73 Å². The second-order valence-electron chi connectivity index (χ2n) is 5.03. The van der Waals surface area contributed by atoms with Crippen LogP contribution in [0, 0.1) is 5.82 Å². The van der Waals surface area contributed by atoms with Gasteiger partial charge in [-0.2, -0.15) is 0 Å². The van der Waals surface area contributed by atoms with E-state index < -0.39 is 0 Å². The van der Waals surface area contributed by atoms with Crippen LogP contribution < -0.4 is 5.32 Å². The summed E-state index contributed by atoms with van der Waals surface area (Å²) in [6.07, 6.45) is 1.08. The van der Waals surface area contributed by atoms with Gasteiger partial charge in [-0.3, -0.25) is 0 Å². The van der Waals surface area contributed by atoms with Gasteiger partial charge in [0.1, 0.15) is 17.2 Å². The summed E-state index contributed by atoms with van der Waals surface area (Å²) in [6.45, 7) is 7.97. The molecular formula is C15H19BrFNO. The molecule has 0 aliphatic heterocycles. The Morgan fingerprint density at radius 3 is 2.74 bits per heavy atom. The lowest BCUT2D eigenvalue weighted by atomic mass is 9.99. The highest BCUT2D eigenvalue weighted by molar-refractivity contribution is 9.10. The molecular weight excluding hydrogens is 309 g/mol. The molecule has 0 spiro atoms. The molecule has 0 fully saturated rings. The topological polar surface area (TPSA) is 25.2 Å². The molecule has 0 saturated heterocycles. The molecule has 0 radical (unpaired) electrons. The lowest BCUT2D eigenvalue weighted by Gasteiger charge is -2.07. The highest BCUT2D eigenvalue weighted by Crippen LogP contribution is 2.36. The van der Waals surface area contributed by atoms with Gasteiger partial charge in [0.25, 0.3) is 0 Å². The zero-order valence-electron chi connectivity index (χ0n) is 11.5. The number of hydrogen-bond donors (Lipinski definition) is 1. The standard InChI is InChI=1S/C15H19BrFNO/c1-4-5-18-8-13-14(9(2)3)11-6-10(17)7-12(16)15(11)19-13/h6-7,9,18H,4-5,8H2,1-3H3. The molecule has 2 rings (SSSR count). The summed E-state index contributed by atoms with van der Waals surface area (Å²) < 4.78 is 20.2. The summed E-state index contributed by atoms with van der Waals surface area (Å²) in [7, 11) is 0. The van der Waals surface area contributed by atoms with Crippen molar-refractivity contribution >= 4 is 26.9 Å². The van der Waals surface area contributed by atoms with Crippen LogP contribution in [0.1, 0.15) is 44.4 Å². The van der Waals surface area contributed by atoms with Gasteiger partial charge in [0.15, 0.2) is 0 Å². The molecule has 19 heavy (non-hydrogen) atoms. The van der Waals surface area contributed by atoms with Crippen molar-refractivity contribution in [2.45, 2.75) is 39.7 Å². The molecule has 2 aromatic rings. The lowest BCUT2D eigenvalue weighted by molar-refractivity contribution is 0.503.